The zero-order chi connectivity index (χ0) is 14.4. The van der Waals surface area contributed by atoms with E-state index in [-0.39, 0.29) is 12.2 Å². The van der Waals surface area contributed by atoms with E-state index in [1.807, 2.05) is 11.4 Å². The van der Waals surface area contributed by atoms with Gasteiger partial charge >= 0.3 is 5.97 Å². The SMILES string of the molecule is O=C(O)CC(CNC1CCNCC1)C(=O)c1cccs1. The van der Waals surface area contributed by atoms with Crippen LogP contribution in [0.15, 0.2) is 17.5 Å². The second-order valence-electron chi connectivity index (χ2n) is 5.07. The standard InChI is InChI=1S/C14H20N2O3S/c17-13(18)8-10(14(19)12-2-1-7-20-12)9-16-11-3-5-15-6-4-11/h1-2,7,10-11,15-16H,3-6,8-9H2,(H,17,18). The van der Waals surface area contributed by atoms with Crippen LogP contribution in [0.4, 0.5) is 0 Å². The predicted molar refractivity (Wildman–Crippen MR) is 78.3 cm³/mol. The molecule has 1 aromatic heterocycles. The van der Waals surface area contributed by atoms with Crippen LogP contribution in [0.2, 0.25) is 0 Å². The van der Waals surface area contributed by atoms with E-state index in [2.05, 4.69) is 10.6 Å². The Morgan fingerprint density at radius 3 is 2.80 bits per heavy atom. The molecule has 1 aliphatic heterocycles. The zero-order valence-corrected chi connectivity index (χ0v) is 12.1. The zero-order valence-electron chi connectivity index (χ0n) is 11.3. The summed E-state index contributed by atoms with van der Waals surface area (Å²) in [5.74, 6) is -1.48. The number of carbonyl (C=O) groups is 2. The quantitative estimate of drug-likeness (QED) is 0.662. The Hall–Kier alpha value is -1.24. The summed E-state index contributed by atoms with van der Waals surface area (Å²) < 4.78 is 0. The van der Waals surface area contributed by atoms with Crippen LogP contribution in [0.25, 0.3) is 0 Å². The number of carboxylic acids is 1. The fourth-order valence-electron chi connectivity index (χ4n) is 2.42. The summed E-state index contributed by atoms with van der Waals surface area (Å²) in [4.78, 5) is 23.9. The molecule has 0 aromatic carbocycles. The van der Waals surface area contributed by atoms with E-state index in [9.17, 15) is 9.59 Å². The number of thiophene rings is 1. The molecule has 5 nitrogen and oxygen atoms in total. The summed E-state index contributed by atoms with van der Waals surface area (Å²) in [5, 5.41) is 17.4. The molecule has 6 heteroatoms. The van der Waals surface area contributed by atoms with Crippen LogP contribution in [0, 0.1) is 5.92 Å². The van der Waals surface area contributed by atoms with Crippen molar-refractivity contribution in [3.63, 3.8) is 0 Å². The van der Waals surface area contributed by atoms with Gasteiger partial charge in [-0.05, 0) is 37.4 Å². The lowest BCUT2D eigenvalue weighted by Gasteiger charge is -2.25. The summed E-state index contributed by atoms with van der Waals surface area (Å²) >= 11 is 1.37. The van der Waals surface area contributed by atoms with Crippen LogP contribution >= 0.6 is 11.3 Å². The lowest BCUT2D eigenvalue weighted by atomic mass is 9.97. The molecule has 2 rings (SSSR count). The van der Waals surface area contributed by atoms with E-state index < -0.39 is 11.9 Å². The monoisotopic (exact) mass is 296 g/mol. The van der Waals surface area contributed by atoms with Gasteiger partial charge in [0.1, 0.15) is 0 Å². The molecular weight excluding hydrogens is 276 g/mol. The minimum absolute atomic E-state index is 0.0659. The number of aliphatic carboxylic acids is 1. The van der Waals surface area contributed by atoms with Gasteiger partial charge in [0.15, 0.2) is 5.78 Å². The second-order valence-corrected chi connectivity index (χ2v) is 6.02. The molecular formula is C14H20N2O3S. The average molecular weight is 296 g/mol. The third-order valence-electron chi connectivity index (χ3n) is 3.55. The highest BCUT2D eigenvalue weighted by atomic mass is 32.1. The Kier molecular flexibility index (Phi) is 5.70. The van der Waals surface area contributed by atoms with Crippen LogP contribution in [-0.2, 0) is 4.79 Å². The van der Waals surface area contributed by atoms with Gasteiger partial charge in [-0.15, -0.1) is 11.3 Å². The number of ketones is 1. The van der Waals surface area contributed by atoms with Crippen molar-refractivity contribution in [1.82, 2.24) is 10.6 Å². The van der Waals surface area contributed by atoms with Crippen molar-refractivity contribution < 1.29 is 14.7 Å². The molecule has 1 aromatic rings. The maximum absolute atomic E-state index is 12.3. The van der Waals surface area contributed by atoms with Crippen LogP contribution < -0.4 is 10.6 Å². The van der Waals surface area contributed by atoms with Crippen molar-refractivity contribution in [1.29, 1.82) is 0 Å². The van der Waals surface area contributed by atoms with Crippen molar-refractivity contribution >= 4 is 23.1 Å². The van der Waals surface area contributed by atoms with E-state index in [4.69, 9.17) is 5.11 Å². The molecule has 1 fully saturated rings. The first kappa shape index (κ1) is 15.2. The van der Waals surface area contributed by atoms with Gasteiger partial charge < -0.3 is 15.7 Å². The molecule has 110 valence electrons. The third kappa shape index (κ3) is 4.40. The number of rotatable bonds is 7. The Morgan fingerprint density at radius 2 is 2.20 bits per heavy atom. The predicted octanol–water partition coefficient (Wildman–Crippen LogP) is 1.36. The van der Waals surface area contributed by atoms with Gasteiger partial charge in [-0.1, -0.05) is 6.07 Å². The highest BCUT2D eigenvalue weighted by Crippen LogP contribution is 2.17. The van der Waals surface area contributed by atoms with Gasteiger partial charge in [-0.2, -0.15) is 0 Å². The largest absolute Gasteiger partial charge is 0.481 e. The summed E-state index contributed by atoms with van der Waals surface area (Å²) in [6, 6.07) is 3.95. The lowest BCUT2D eigenvalue weighted by molar-refractivity contribution is -0.137. The number of carbonyl (C=O) groups excluding carboxylic acids is 1. The first-order valence-electron chi connectivity index (χ1n) is 6.90. The maximum Gasteiger partial charge on any atom is 0.304 e. The number of hydrogen-bond donors (Lipinski definition) is 3. The Bertz CT molecular complexity index is 441. The molecule has 2 heterocycles. The highest BCUT2D eigenvalue weighted by Gasteiger charge is 2.25. The van der Waals surface area contributed by atoms with E-state index in [0.717, 1.165) is 25.9 Å². The molecule has 1 aliphatic rings. The summed E-state index contributed by atoms with van der Waals surface area (Å²) in [5.41, 5.74) is 0. The van der Waals surface area contributed by atoms with Crippen molar-refractivity contribution in [2.24, 2.45) is 5.92 Å². The fraction of sp³-hybridized carbons (Fsp3) is 0.571. The highest BCUT2D eigenvalue weighted by molar-refractivity contribution is 7.12. The van der Waals surface area contributed by atoms with Gasteiger partial charge in [-0.3, -0.25) is 9.59 Å². The number of hydrogen-bond acceptors (Lipinski definition) is 5. The normalized spacial score (nSPS) is 17.8. The molecule has 0 amide bonds. The number of nitrogens with one attached hydrogen (secondary N) is 2. The maximum atomic E-state index is 12.3. The van der Waals surface area contributed by atoms with Gasteiger partial charge in [0.2, 0.25) is 0 Å². The van der Waals surface area contributed by atoms with E-state index in [0.29, 0.717) is 17.5 Å². The number of Topliss-reactive ketones (excluding diaryl/α,β-unsaturated/α-hetero) is 1. The van der Waals surface area contributed by atoms with Crippen LogP contribution in [-0.4, -0.2) is 42.5 Å². The topological polar surface area (TPSA) is 78.4 Å². The van der Waals surface area contributed by atoms with Crippen molar-refractivity contribution in [3.05, 3.63) is 22.4 Å². The molecule has 20 heavy (non-hydrogen) atoms. The molecule has 0 saturated carbocycles. The Labute approximate surface area is 122 Å². The molecule has 1 saturated heterocycles. The first-order valence-corrected chi connectivity index (χ1v) is 7.78. The Morgan fingerprint density at radius 1 is 1.45 bits per heavy atom. The minimum atomic E-state index is -0.924. The fourth-order valence-corrected chi connectivity index (χ4v) is 3.17. The van der Waals surface area contributed by atoms with E-state index in [1.54, 1.807) is 6.07 Å². The van der Waals surface area contributed by atoms with Crippen molar-refractivity contribution in [3.8, 4) is 0 Å². The molecule has 0 bridgehead atoms. The molecule has 1 atom stereocenters. The molecule has 3 N–H and O–H groups in total. The number of piperidine rings is 1. The summed E-state index contributed by atoms with van der Waals surface area (Å²) in [7, 11) is 0. The van der Waals surface area contributed by atoms with Crippen LogP contribution in [0.5, 0.6) is 0 Å². The Balaban J connectivity index is 1.92. The smallest absolute Gasteiger partial charge is 0.304 e. The van der Waals surface area contributed by atoms with Crippen molar-refractivity contribution in [2.75, 3.05) is 19.6 Å². The van der Waals surface area contributed by atoms with Gasteiger partial charge in [0.25, 0.3) is 0 Å². The van der Waals surface area contributed by atoms with Crippen LogP contribution in [0.1, 0.15) is 28.9 Å². The van der Waals surface area contributed by atoms with Crippen LogP contribution in [0.3, 0.4) is 0 Å². The molecule has 0 radical (unpaired) electrons. The minimum Gasteiger partial charge on any atom is -0.481 e. The number of carboxylic acid groups (broad SMARTS) is 1. The second kappa shape index (κ2) is 7.52. The van der Waals surface area contributed by atoms with E-state index >= 15 is 0 Å². The molecule has 1 unspecified atom stereocenters. The van der Waals surface area contributed by atoms with Crippen molar-refractivity contribution in [2.45, 2.75) is 25.3 Å². The average Bonchev–Trinajstić information content (AvgIpc) is 2.97. The van der Waals surface area contributed by atoms with Gasteiger partial charge in [0.05, 0.1) is 11.3 Å². The lowest BCUT2D eigenvalue weighted by Crippen LogP contribution is -2.43. The first-order chi connectivity index (χ1) is 9.66. The molecule has 0 spiro atoms. The van der Waals surface area contributed by atoms with E-state index in [1.165, 1.54) is 11.3 Å². The van der Waals surface area contributed by atoms with Gasteiger partial charge in [0, 0.05) is 18.5 Å². The van der Waals surface area contributed by atoms with Gasteiger partial charge in [-0.25, -0.2) is 0 Å². The molecule has 0 aliphatic carbocycles. The summed E-state index contributed by atoms with van der Waals surface area (Å²) in [6.45, 7) is 2.38. The summed E-state index contributed by atoms with van der Waals surface area (Å²) in [6.07, 6.45) is 1.93. The third-order valence-corrected chi connectivity index (χ3v) is 4.43.